The van der Waals surface area contributed by atoms with Gasteiger partial charge in [0.05, 0.1) is 11.1 Å². The van der Waals surface area contributed by atoms with Gasteiger partial charge in [-0.15, -0.1) is 0 Å². The van der Waals surface area contributed by atoms with Crippen LogP contribution in [0, 0.1) is 11.7 Å². The number of alkyl halides is 2. The Balaban J connectivity index is 1.12. The van der Waals surface area contributed by atoms with Crippen LogP contribution in [0.1, 0.15) is 32.1 Å². The fourth-order valence-electron chi connectivity index (χ4n) is 4.57. The molecule has 2 amide bonds. The van der Waals surface area contributed by atoms with Gasteiger partial charge in [0.25, 0.3) is 5.91 Å². The lowest BCUT2D eigenvalue weighted by atomic mass is 9.44. The standard InChI is InChI=1S/C20H22ClF3N2O4/c21-14-2-1-12(5-15(14)22)29-6-16(27)25-19-8-20(9-19,10-19)26-17(28)7-30-13-3-11(4-13)18(23)24/h1-2,5,11,13,18H,3-4,6-10H2,(H,25,27)(H,26,28)/t11-,13-,19?,20?. The molecule has 5 rings (SSSR count). The summed E-state index contributed by atoms with van der Waals surface area (Å²) in [4.78, 5) is 24.1. The molecular weight excluding hydrogens is 425 g/mol. The summed E-state index contributed by atoms with van der Waals surface area (Å²) in [6.45, 7) is -0.399. The van der Waals surface area contributed by atoms with Gasteiger partial charge in [0.15, 0.2) is 6.61 Å². The van der Waals surface area contributed by atoms with Gasteiger partial charge in [-0.3, -0.25) is 9.59 Å². The van der Waals surface area contributed by atoms with E-state index in [1.165, 1.54) is 12.1 Å². The van der Waals surface area contributed by atoms with Gasteiger partial charge in [0, 0.05) is 23.1 Å². The zero-order valence-electron chi connectivity index (χ0n) is 16.1. The number of amides is 2. The molecule has 0 atom stereocenters. The number of benzene rings is 1. The molecule has 0 spiro atoms. The fourth-order valence-corrected chi connectivity index (χ4v) is 4.69. The molecule has 2 N–H and O–H groups in total. The van der Waals surface area contributed by atoms with Crippen molar-refractivity contribution in [1.29, 1.82) is 0 Å². The molecule has 4 aliphatic rings. The fraction of sp³-hybridized carbons (Fsp3) is 0.600. The van der Waals surface area contributed by atoms with E-state index in [9.17, 15) is 22.8 Å². The molecule has 1 aromatic rings. The van der Waals surface area contributed by atoms with E-state index in [1.54, 1.807) is 0 Å². The predicted molar refractivity (Wildman–Crippen MR) is 101 cm³/mol. The van der Waals surface area contributed by atoms with E-state index < -0.39 is 18.2 Å². The first-order valence-corrected chi connectivity index (χ1v) is 10.2. The molecule has 2 bridgehead atoms. The van der Waals surface area contributed by atoms with E-state index in [2.05, 4.69) is 10.6 Å². The average molecular weight is 447 g/mol. The maximum absolute atomic E-state index is 13.4. The molecule has 0 aromatic heterocycles. The Hall–Kier alpha value is -2.00. The number of carbonyl (C=O) groups is 2. The number of ether oxygens (including phenoxy) is 2. The Labute approximate surface area is 176 Å². The van der Waals surface area contributed by atoms with Gasteiger partial charge in [-0.2, -0.15) is 0 Å². The molecule has 164 valence electrons. The third-order valence-electron chi connectivity index (χ3n) is 6.04. The second-order valence-corrected chi connectivity index (χ2v) is 8.96. The van der Waals surface area contributed by atoms with Gasteiger partial charge in [-0.05, 0) is 44.2 Å². The van der Waals surface area contributed by atoms with E-state index in [4.69, 9.17) is 21.1 Å². The van der Waals surface area contributed by atoms with Crippen LogP contribution in [0.4, 0.5) is 13.2 Å². The van der Waals surface area contributed by atoms with E-state index >= 15 is 0 Å². The highest BCUT2D eigenvalue weighted by atomic mass is 35.5. The lowest BCUT2D eigenvalue weighted by Gasteiger charge is -2.70. The number of hydrogen-bond donors (Lipinski definition) is 2. The molecule has 4 saturated carbocycles. The van der Waals surface area contributed by atoms with E-state index in [0.717, 1.165) is 6.07 Å². The summed E-state index contributed by atoms with van der Waals surface area (Å²) >= 11 is 5.60. The van der Waals surface area contributed by atoms with Crippen LogP contribution < -0.4 is 15.4 Å². The second kappa shape index (κ2) is 7.92. The van der Waals surface area contributed by atoms with Crippen molar-refractivity contribution in [3.63, 3.8) is 0 Å². The van der Waals surface area contributed by atoms with Gasteiger partial charge in [-0.25, -0.2) is 13.2 Å². The molecular formula is C20H22ClF3N2O4. The van der Waals surface area contributed by atoms with E-state index in [-0.39, 0.29) is 65.8 Å². The summed E-state index contributed by atoms with van der Waals surface area (Å²) in [5.74, 6) is -1.64. The molecule has 30 heavy (non-hydrogen) atoms. The van der Waals surface area contributed by atoms with Gasteiger partial charge >= 0.3 is 0 Å². The van der Waals surface area contributed by atoms with Gasteiger partial charge in [0.1, 0.15) is 18.2 Å². The van der Waals surface area contributed by atoms with Crippen LogP contribution in [0.15, 0.2) is 18.2 Å². The minimum absolute atomic E-state index is 0.0246. The van der Waals surface area contributed by atoms with Crippen LogP contribution in [0.5, 0.6) is 5.75 Å². The maximum atomic E-state index is 13.4. The molecule has 6 nitrogen and oxygen atoms in total. The summed E-state index contributed by atoms with van der Waals surface area (Å²) in [5.41, 5.74) is -0.683. The minimum atomic E-state index is -2.33. The number of halogens is 4. The third-order valence-corrected chi connectivity index (χ3v) is 6.34. The lowest BCUT2D eigenvalue weighted by molar-refractivity contribution is -0.156. The maximum Gasteiger partial charge on any atom is 0.258 e. The van der Waals surface area contributed by atoms with Crippen molar-refractivity contribution in [1.82, 2.24) is 10.6 Å². The van der Waals surface area contributed by atoms with Crippen molar-refractivity contribution < 1.29 is 32.2 Å². The minimum Gasteiger partial charge on any atom is -0.484 e. The van der Waals surface area contributed by atoms with Crippen LogP contribution in [0.25, 0.3) is 0 Å². The molecule has 0 heterocycles. The normalized spacial score (nSPS) is 31.2. The lowest BCUT2D eigenvalue weighted by Crippen LogP contribution is -2.84. The van der Waals surface area contributed by atoms with Crippen LogP contribution in [0.2, 0.25) is 5.02 Å². The average Bonchev–Trinajstić information content (AvgIpc) is 2.58. The highest BCUT2D eigenvalue weighted by molar-refractivity contribution is 6.30. The number of nitrogens with one attached hydrogen (secondary N) is 2. The van der Waals surface area contributed by atoms with E-state index in [1.807, 2.05) is 0 Å². The summed E-state index contributed by atoms with van der Waals surface area (Å²) < 4.78 is 48.9. The third kappa shape index (κ3) is 4.37. The van der Waals surface area contributed by atoms with Crippen LogP contribution >= 0.6 is 11.6 Å². The van der Waals surface area contributed by atoms with Gasteiger partial charge in [0.2, 0.25) is 12.3 Å². The first-order chi connectivity index (χ1) is 14.2. The van der Waals surface area contributed by atoms with Crippen molar-refractivity contribution >= 4 is 23.4 Å². The number of hydrogen-bond acceptors (Lipinski definition) is 4. The Bertz CT molecular complexity index is 828. The van der Waals surface area contributed by atoms with Crippen molar-refractivity contribution in [2.45, 2.75) is 55.7 Å². The largest absolute Gasteiger partial charge is 0.484 e. The topological polar surface area (TPSA) is 76.7 Å². The predicted octanol–water partition coefficient (Wildman–Crippen LogP) is 2.83. The zero-order chi connectivity index (χ0) is 21.5. The highest BCUT2D eigenvalue weighted by Gasteiger charge is 2.69. The molecule has 4 fully saturated rings. The Morgan fingerprint density at radius 2 is 1.70 bits per heavy atom. The summed E-state index contributed by atoms with van der Waals surface area (Å²) in [5, 5.41) is 5.79. The van der Waals surface area contributed by atoms with Crippen LogP contribution in [-0.2, 0) is 14.3 Å². The quantitative estimate of drug-likeness (QED) is 0.611. The molecule has 0 saturated heterocycles. The molecule has 10 heteroatoms. The van der Waals surface area contributed by atoms with Gasteiger partial charge < -0.3 is 20.1 Å². The summed E-state index contributed by atoms with van der Waals surface area (Å²) in [6, 6.07) is 3.94. The van der Waals surface area contributed by atoms with E-state index in [0.29, 0.717) is 19.3 Å². The monoisotopic (exact) mass is 446 g/mol. The van der Waals surface area contributed by atoms with Crippen LogP contribution in [-0.4, -0.2) is 48.6 Å². The molecule has 0 radical (unpaired) electrons. The first-order valence-electron chi connectivity index (χ1n) is 9.77. The molecule has 0 unspecified atom stereocenters. The Morgan fingerprint density at radius 1 is 1.10 bits per heavy atom. The Kier molecular flexibility index (Phi) is 5.61. The van der Waals surface area contributed by atoms with Gasteiger partial charge in [-0.1, -0.05) is 11.6 Å². The molecule has 4 aliphatic carbocycles. The highest BCUT2D eigenvalue weighted by Crippen LogP contribution is 2.60. The summed E-state index contributed by atoms with van der Waals surface area (Å²) in [7, 11) is 0. The number of carbonyl (C=O) groups excluding carboxylic acids is 2. The van der Waals surface area contributed by atoms with Crippen molar-refractivity contribution in [2.75, 3.05) is 13.2 Å². The van der Waals surface area contributed by atoms with Crippen molar-refractivity contribution in [2.24, 2.45) is 5.92 Å². The van der Waals surface area contributed by atoms with Crippen LogP contribution in [0.3, 0.4) is 0 Å². The first kappa shape index (κ1) is 21.2. The van der Waals surface area contributed by atoms with Crippen molar-refractivity contribution in [3.05, 3.63) is 29.0 Å². The zero-order valence-corrected chi connectivity index (χ0v) is 16.8. The smallest absolute Gasteiger partial charge is 0.258 e. The second-order valence-electron chi connectivity index (χ2n) is 8.55. The SMILES string of the molecule is O=C(COc1ccc(Cl)c(F)c1)NC12CC(NC(=O)CO[C@H]3C[C@H](C(F)F)C3)(C1)C2. The molecule has 1 aromatic carbocycles. The molecule has 0 aliphatic heterocycles. The Morgan fingerprint density at radius 3 is 2.27 bits per heavy atom. The summed E-state index contributed by atoms with van der Waals surface area (Å²) in [6.07, 6.45) is -0.185. The number of rotatable bonds is 9. The van der Waals surface area contributed by atoms with Crippen molar-refractivity contribution in [3.8, 4) is 5.75 Å².